The Hall–Kier alpha value is -1.40. The van der Waals surface area contributed by atoms with Crippen LogP contribution in [-0.4, -0.2) is 48.0 Å². The molecule has 0 amide bonds. The van der Waals surface area contributed by atoms with Crippen molar-refractivity contribution in [2.75, 3.05) is 20.3 Å². The Morgan fingerprint density at radius 2 is 1.90 bits per heavy atom. The molecule has 6 heteroatoms. The molecule has 2 N–H and O–H groups in total. The van der Waals surface area contributed by atoms with E-state index in [9.17, 15) is 15.0 Å². The number of esters is 1. The highest BCUT2D eigenvalue weighted by molar-refractivity contribution is 6.21. The molecule has 31 heavy (non-hydrogen) atoms. The van der Waals surface area contributed by atoms with Gasteiger partial charge in [0.15, 0.2) is 0 Å². The molecule has 0 radical (unpaired) electrons. The lowest BCUT2D eigenvalue weighted by molar-refractivity contribution is -0.145. The van der Waals surface area contributed by atoms with Gasteiger partial charge in [0.05, 0.1) is 25.9 Å². The summed E-state index contributed by atoms with van der Waals surface area (Å²) in [4.78, 5) is 11.1. The summed E-state index contributed by atoms with van der Waals surface area (Å²) in [6.45, 7) is 0.262. The lowest BCUT2D eigenvalue weighted by Crippen LogP contribution is -2.19. The first kappa shape index (κ1) is 24.2. The average molecular weight is 451 g/mol. The molecule has 2 aliphatic rings. The maximum atomic E-state index is 11.1. The molecule has 0 bridgehead atoms. The predicted octanol–water partition coefficient (Wildman–Crippen LogP) is 4.51. The Morgan fingerprint density at radius 3 is 2.58 bits per heavy atom. The molecule has 0 spiro atoms. The van der Waals surface area contributed by atoms with E-state index < -0.39 is 18.2 Å². The van der Waals surface area contributed by atoms with Gasteiger partial charge in [-0.25, -0.2) is 4.79 Å². The number of aliphatic hydroxyl groups is 2. The van der Waals surface area contributed by atoms with Gasteiger partial charge in [0.25, 0.3) is 0 Å². The van der Waals surface area contributed by atoms with Gasteiger partial charge in [-0.05, 0) is 48.6 Å². The van der Waals surface area contributed by atoms with Gasteiger partial charge in [0, 0.05) is 11.3 Å². The molecular formula is C25H35ClO5. The van der Waals surface area contributed by atoms with Crippen LogP contribution in [-0.2, 0) is 14.3 Å². The van der Waals surface area contributed by atoms with Gasteiger partial charge >= 0.3 is 5.97 Å². The number of alkyl halides is 1. The molecule has 1 aromatic rings. The lowest BCUT2D eigenvalue weighted by Gasteiger charge is -2.27. The summed E-state index contributed by atoms with van der Waals surface area (Å²) in [6, 6.07) is 8.10. The van der Waals surface area contributed by atoms with Crippen LogP contribution >= 0.6 is 11.6 Å². The van der Waals surface area contributed by atoms with Crippen molar-refractivity contribution in [1.82, 2.24) is 0 Å². The average Bonchev–Trinajstić information content (AvgIpc) is 3.08. The van der Waals surface area contributed by atoms with Gasteiger partial charge in [-0.15, -0.1) is 11.6 Å². The predicted molar refractivity (Wildman–Crippen MR) is 121 cm³/mol. The van der Waals surface area contributed by atoms with E-state index >= 15 is 0 Å². The second-order valence-corrected chi connectivity index (χ2v) is 9.38. The molecule has 0 saturated heterocycles. The van der Waals surface area contributed by atoms with E-state index in [0.717, 1.165) is 30.4 Å². The van der Waals surface area contributed by atoms with Crippen LogP contribution in [0.15, 0.2) is 36.4 Å². The highest BCUT2D eigenvalue weighted by atomic mass is 35.5. The lowest BCUT2D eigenvalue weighted by atomic mass is 9.81. The van der Waals surface area contributed by atoms with Gasteiger partial charge in [0.2, 0.25) is 0 Å². The molecule has 2 fully saturated rings. The summed E-state index contributed by atoms with van der Waals surface area (Å²) < 4.78 is 9.76. The fraction of sp³-hybridized carbons (Fsp3) is 0.640. The highest BCUT2D eigenvalue weighted by Gasteiger charge is 2.41. The van der Waals surface area contributed by atoms with Crippen molar-refractivity contribution < 1.29 is 24.5 Å². The van der Waals surface area contributed by atoms with Crippen LogP contribution in [0.4, 0.5) is 0 Å². The van der Waals surface area contributed by atoms with Crippen molar-refractivity contribution in [3.63, 3.8) is 0 Å². The number of halogens is 1. The van der Waals surface area contributed by atoms with Gasteiger partial charge in [-0.3, -0.25) is 0 Å². The van der Waals surface area contributed by atoms with E-state index in [0.29, 0.717) is 18.9 Å². The number of hydrogen-bond donors (Lipinski definition) is 2. The molecule has 1 unspecified atom stereocenters. The van der Waals surface area contributed by atoms with Crippen molar-refractivity contribution in [3.8, 4) is 0 Å². The molecule has 0 aliphatic heterocycles. The zero-order valence-electron chi connectivity index (χ0n) is 18.3. The molecule has 0 heterocycles. The second-order valence-electron chi connectivity index (χ2n) is 8.82. The number of carbonyl (C=O) groups is 1. The molecule has 5 atom stereocenters. The molecular weight excluding hydrogens is 416 g/mol. The van der Waals surface area contributed by atoms with Crippen LogP contribution in [0.25, 0.3) is 0 Å². The van der Waals surface area contributed by atoms with Crippen molar-refractivity contribution >= 4 is 17.6 Å². The Morgan fingerprint density at radius 1 is 1.19 bits per heavy atom. The SMILES string of the molecule is COC(=O)COC/C=C/C[C@@H]1[C@@H](c2ccc(C(O)C3CCCCC3)cc2)[C@H](O)C[C@H]1Cl. The number of benzene rings is 1. The largest absolute Gasteiger partial charge is 0.467 e. The van der Waals surface area contributed by atoms with Gasteiger partial charge < -0.3 is 19.7 Å². The second kappa shape index (κ2) is 12.0. The van der Waals surface area contributed by atoms with Gasteiger partial charge in [-0.2, -0.15) is 0 Å². The molecule has 0 aromatic heterocycles. The van der Waals surface area contributed by atoms with E-state index in [1.165, 1.54) is 26.4 Å². The summed E-state index contributed by atoms with van der Waals surface area (Å²) in [6.07, 6.45) is 10.1. The minimum atomic E-state index is -0.481. The number of hydrogen-bond acceptors (Lipinski definition) is 5. The normalized spacial score (nSPS) is 28.1. The Bertz CT molecular complexity index is 713. The van der Waals surface area contributed by atoms with Crippen LogP contribution in [0.2, 0.25) is 0 Å². The summed E-state index contributed by atoms with van der Waals surface area (Å²) in [7, 11) is 1.33. The Balaban J connectivity index is 1.59. The van der Waals surface area contributed by atoms with Crippen molar-refractivity contribution in [2.45, 2.75) is 68.4 Å². The molecule has 2 aliphatic carbocycles. The maximum Gasteiger partial charge on any atom is 0.331 e. The van der Waals surface area contributed by atoms with Crippen molar-refractivity contribution in [2.24, 2.45) is 11.8 Å². The summed E-state index contributed by atoms with van der Waals surface area (Å²) in [5, 5.41) is 21.3. The summed E-state index contributed by atoms with van der Waals surface area (Å²) in [5.41, 5.74) is 2.03. The fourth-order valence-electron chi connectivity index (χ4n) is 5.05. The topological polar surface area (TPSA) is 76.0 Å². The van der Waals surface area contributed by atoms with Crippen LogP contribution in [0, 0.1) is 11.8 Å². The molecule has 2 saturated carbocycles. The van der Waals surface area contributed by atoms with Gasteiger partial charge in [0.1, 0.15) is 6.61 Å². The summed E-state index contributed by atoms with van der Waals surface area (Å²) >= 11 is 6.58. The third-order valence-electron chi connectivity index (χ3n) is 6.80. The number of rotatable bonds is 9. The van der Waals surface area contributed by atoms with E-state index in [2.05, 4.69) is 4.74 Å². The molecule has 172 valence electrons. The van der Waals surface area contributed by atoms with Crippen LogP contribution in [0.1, 0.15) is 68.1 Å². The monoisotopic (exact) mass is 450 g/mol. The van der Waals surface area contributed by atoms with Crippen LogP contribution in [0.3, 0.4) is 0 Å². The maximum absolute atomic E-state index is 11.1. The standard InChI is InChI=1S/C25H35ClO5/c1-30-23(28)16-31-14-6-5-9-20-21(26)15-22(27)24(20)17-10-12-19(13-11-17)25(29)18-7-3-2-4-8-18/h5-6,10-13,18,20-22,24-25,27,29H,2-4,7-9,14-16H2,1H3/b6-5+/t20-,21+,22+,24+,25?/m0/s1. The molecule has 3 rings (SSSR count). The fourth-order valence-corrected chi connectivity index (χ4v) is 5.50. The van der Waals surface area contributed by atoms with Crippen LogP contribution in [0.5, 0.6) is 0 Å². The zero-order valence-corrected chi connectivity index (χ0v) is 19.0. The first-order valence-electron chi connectivity index (χ1n) is 11.4. The molecule has 1 aromatic carbocycles. The number of allylic oxidation sites excluding steroid dienone is 1. The third-order valence-corrected chi connectivity index (χ3v) is 7.30. The zero-order chi connectivity index (χ0) is 22.2. The van der Waals surface area contributed by atoms with E-state index in [4.69, 9.17) is 16.3 Å². The van der Waals surface area contributed by atoms with E-state index in [1.807, 2.05) is 36.4 Å². The number of carbonyl (C=O) groups excluding carboxylic acids is 1. The Labute approximate surface area is 190 Å². The van der Waals surface area contributed by atoms with Crippen molar-refractivity contribution in [3.05, 3.63) is 47.5 Å². The number of aliphatic hydroxyl groups excluding tert-OH is 2. The first-order chi connectivity index (χ1) is 15.0. The summed E-state index contributed by atoms with van der Waals surface area (Å²) in [5.74, 6) is 0.0279. The molecule has 5 nitrogen and oxygen atoms in total. The quantitative estimate of drug-likeness (QED) is 0.250. The van der Waals surface area contributed by atoms with E-state index in [-0.39, 0.29) is 23.8 Å². The highest BCUT2D eigenvalue weighted by Crippen LogP contribution is 2.45. The van der Waals surface area contributed by atoms with E-state index in [1.54, 1.807) is 0 Å². The number of methoxy groups -OCH3 is 1. The van der Waals surface area contributed by atoms with Crippen LogP contribution < -0.4 is 0 Å². The number of ether oxygens (including phenoxy) is 2. The van der Waals surface area contributed by atoms with Crippen molar-refractivity contribution in [1.29, 1.82) is 0 Å². The Kier molecular flexibility index (Phi) is 9.39. The smallest absolute Gasteiger partial charge is 0.331 e. The minimum Gasteiger partial charge on any atom is -0.467 e. The van der Waals surface area contributed by atoms with Gasteiger partial charge in [-0.1, -0.05) is 55.7 Å². The minimum absolute atomic E-state index is 0.0380. The first-order valence-corrected chi connectivity index (χ1v) is 11.8. The third kappa shape index (κ3) is 6.55.